The maximum atomic E-state index is 5.08. The Labute approximate surface area is 102 Å². The summed E-state index contributed by atoms with van der Waals surface area (Å²) in [7, 11) is 1.73. The maximum Gasteiger partial charge on any atom is 0.147 e. The van der Waals surface area contributed by atoms with E-state index >= 15 is 0 Å². The first-order valence-electron chi connectivity index (χ1n) is 6.11. The highest BCUT2D eigenvalue weighted by Gasteiger charge is 2.16. The average molecular weight is 239 g/mol. The predicted octanol–water partition coefficient (Wildman–Crippen LogP) is -0.282. The van der Waals surface area contributed by atoms with Crippen LogP contribution in [0.15, 0.2) is 6.33 Å². The van der Waals surface area contributed by atoms with E-state index in [0.29, 0.717) is 6.04 Å². The number of hydrogen-bond donors (Lipinski definition) is 1. The minimum absolute atomic E-state index is 0.411. The van der Waals surface area contributed by atoms with Crippen LogP contribution in [0.5, 0.6) is 0 Å². The van der Waals surface area contributed by atoms with Gasteiger partial charge in [0.2, 0.25) is 0 Å². The molecule has 0 bridgehead atoms. The molecule has 0 aromatic carbocycles. The third-order valence-corrected chi connectivity index (χ3v) is 3.06. The van der Waals surface area contributed by atoms with E-state index in [1.165, 1.54) is 0 Å². The number of fused-ring (bicyclic) bond motifs is 1. The Morgan fingerprint density at radius 2 is 2.41 bits per heavy atom. The number of nitrogens with one attached hydrogen (secondary N) is 1. The van der Waals surface area contributed by atoms with E-state index in [-0.39, 0.29) is 0 Å². The molecule has 2 rings (SSSR count). The van der Waals surface area contributed by atoms with Crippen molar-refractivity contribution in [1.29, 1.82) is 0 Å². The molecule has 1 N–H and O–H groups in total. The minimum Gasteiger partial charge on any atom is -0.383 e. The van der Waals surface area contributed by atoms with Gasteiger partial charge in [-0.2, -0.15) is 0 Å². The topological polar surface area (TPSA) is 55.2 Å². The van der Waals surface area contributed by atoms with E-state index in [9.17, 15) is 0 Å². The van der Waals surface area contributed by atoms with Crippen LogP contribution in [-0.2, 0) is 17.8 Å². The van der Waals surface area contributed by atoms with Gasteiger partial charge in [0.15, 0.2) is 0 Å². The van der Waals surface area contributed by atoms with E-state index in [0.717, 1.165) is 45.2 Å². The molecule has 17 heavy (non-hydrogen) atoms. The Balaban J connectivity index is 1.68. The van der Waals surface area contributed by atoms with Gasteiger partial charge in [0, 0.05) is 39.3 Å². The van der Waals surface area contributed by atoms with Crippen molar-refractivity contribution in [2.24, 2.45) is 0 Å². The van der Waals surface area contributed by atoms with Gasteiger partial charge in [-0.3, -0.25) is 4.90 Å². The first kappa shape index (κ1) is 12.5. The summed E-state index contributed by atoms with van der Waals surface area (Å²) < 4.78 is 7.21. The second-order valence-corrected chi connectivity index (χ2v) is 4.53. The van der Waals surface area contributed by atoms with Gasteiger partial charge in [-0.25, -0.2) is 0 Å². The number of ether oxygens (including phenoxy) is 1. The third-order valence-electron chi connectivity index (χ3n) is 3.06. The van der Waals surface area contributed by atoms with Gasteiger partial charge in [0.05, 0.1) is 13.2 Å². The van der Waals surface area contributed by atoms with Crippen LogP contribution in [0.1, 0.15) is 12.7 Å². The zero-order valence-corrected chi connectivity index (χ0v) is 10.6. The van der Waals surface area contributed by atoms with Crippen molar-refractivity contribution in [3.05, 3.63) is 12.2 Å². The Morgan fingerprint density at radius 3 is 3.24 bits per heavy atom. The molecule has 0 saturated carbocycles. The number of aromatic nitrogens is 3. The van der Waals surface area contributed by atoms with Crippen LogP contribution >= 0.6 is 0 Å². The minimum atomic E-state index is 0.411. The summed E-state index contributed by atoms with van der Waals surface area (Å²) in [5.74, 6) is 1.07. The van der Waals surface area contributed by atoms with E-state index in [1.807, 2.05) is 6.33 Å². The van der Waals surface area contributed by atoms with Gasteiger partial charge in [0.1, 0.15) is 12.2 Å². The highest BCUT2D eigenvalue weighted by atomic mass is 16.5. The lowest BCUT2D eigenvalue weighted by molar-refractivity contribution is 0.165. The molecule has 6 nitrogen and oxygen atoms in total. The number of nitrogens with zero attached hydrogens (tertiary/aromatic N) is 4. The van der Waals surface area contributed by atoms with E-state index in [1.54, 1.807) is 7.11 Å². The Morgan fingerprint density at radius 1 is 1.53 bits per heavy atom. The van der Waals surface area contributed by atoms with Gasteiger partial charge >= 0.3 is 0 Å². The molecule has 1 unspecified atom stereocenters. The summed E-state index contributed by atoms with van der Waals surface area (Å²) in [6.07, 6.45) is 1.81. The van der Waals surface area contributed by atoms with Crippen molar-refractivity contribution in [2.45, 2.75) is 26.1 Å². The molecular weight excluding hydrogens is 218 g/mol. The van der Waals surface area contributed by atoms with Gasteiger partial charge < -0.3 is 14.6 Å². The first-order valence-corrected chi connectivity index (χ1v) is 6.11. The van der Waals surface area contributed by atoms with Crippen molar-refractivity contribution in [2.75, 3.05) is 33.4 Å². The van der Waals surface area contributed by atoms with Crippen LogP contribution in [-0.4, -0.2) is 59.1 Å². The normalized spacial score (nSPS) is 18.0. The van der Waals surface area contributed by atoms with Crippen LogP contribution in [0.3, 0.4) is 0 Å². The van der Waals surface area contributed by atoms with Crippen LogP contribution < -0.4 is 5.32 Å². The highest BCUT2D eigenvalue weighted by Crippen LogP contribution is 2.07. The molecule has 0 spiro atoms. The molecule has 0 saturated heterocycles. The molecule has 1 aromatic rings. The molecular formula is C11H21N5O. The van der Waals surface area contributed by atoms with Crippen molar-refractivity contribution < 1.29 is 4.74 Å². The molecule has 0 fully saturated rings. The van der Waals surface area contributed by atoms with Crippen molar-refractivity contribution in [3.63, 3.8) is 0 Å². The molecule has 96 valence electrons. The zero-order chi connectivity index (χ0) is 12.1. The van der Waals surface area contributed by atoms with Crippen molar-refractivity contribution >= 4 is 0 Å². The fourth-order valence-electron chi connectivity index (χ4n) is 2.09. The fourth-order valence-corrected chi connectivity index (χ4v) is 2.09. The molecule has 6 heteroatoms. The van der Waals surface area contributed by atoms with E-state index in [2.05, 4.69) is 31.9 Å². The van der Waals surface area contributed by atoms with Gasteiger partial charge in [0.25, 0.3) is 0 Å². The largest absolute Gasteiger partial charge is 0.383 e. The van der Waals surface area contributed by atoms with Crippen LogP contribution in [0.4, 0.5) is 0 Å². The third kappa shape index (κ3) is 3.49. The average Bonchev–Trinajstić information content (AvgIpc) is 2.76. The number of hydrogen-bond acceptors (Lipinski definition) is 5. The molecule has 1 atom stereocenters. The summed E-state index contributed by atoms with van der Waals surface area (Å²) in [6, 6.07) is 0.411. The summed E-state index contributed by atoms with van der Waals surface area (Å²) in [4.78, 5) is 2.40. The monoisotopic (exact) mass is 239 g/mol. The van der Waals surface area contributed by atoms with Crippen LogP contribution in [0.25, 0.3) is 0 Å². The van der Waals surface area contributed by atoms with Crippen molar-refractivity contribution in [3.8, 4) is 0 Å². The lowest BCUT2D eigenvalue weighted by Crippen LogP contribution is -2.40. The second-order valence-electron chi connectivity index (χ2n) is 4.53. The number of methoxy groups -OCH3 is 1. The molecule has 0 amide bonds. The van der Waals surface area contributed by atoms with E-state index in [4.69, 9.17) is 4.74 Å². The lowest BCUT2D eigenvalue weighted by Gasteiger charge is -2.27. The summed E-state index contributed by atoms with van der Waals surface area (Å²) in [6.45, 7) is 7.89. The molecule has 1 aliphatic heterocycles. The smallest absolute Gasteiger partial charge is 0.147 e. The second kappa shape index (κ2) is 6.09. The summed E-state index contributed by atoms with van der Waals surface area (Å²) >= 11 is 0. The Bertz CT molecular complexity index is 340. The molecule has 2 heterocycles. The summed E-state index contributed by atoms with van der Waals surface area (Å²) in [5.41, 5.74) is 0. The SMILES string of the molecule is COCC(C)NCCN1CCn2cnnc2C1. The maximum absolute atomic E-state index is 5.08. The molecule has 0 radical (unpaired) electrons. The molecule has 0 aliphatic carbocycles. The van der Waals surface area contributed by atoms with Crippen molar-refractivity contribution in [1.82, 2.24) is 25.0 Å². The first-order chi connectivity index (χ1) is 8.29. The Kier molecular flexibility index (Phi) is 4.47. The van der Waals surface area contributed by atoms with Crippen LogP contribution in [0.2, 0.25) is 0 Å². The highest BCUT2D eigenvalue weighted by molar-refractivity contribution is 4.89. The van der Waals surface area contributed by atoms with Gasteiger partial charge in [-0.1, -0.05) is 0 Å². The standard InChI is InChI=1S/C11H21N5O/c1-10(8-17-2)12-3-4-15-5-6-16-9-13-14-11(16)7-15/h9-10,12H,3-8H2,1-2H3. The zero-order valence-electron chi connectivity index (χ0n) is 10.6. The fraction of sp³-hybridized carbons (Fsp3) is 0.818. The molecule has 1 aromatic heterocycles. The van der Waals surface area contributed by atoms with Gasteiger partial charge in [-0.15, -0.1) is 10.2 Å². The molecule has 1 aliphatic rings. The quantitative estimate of drug-likeness (QED) is 0.740. The van der Waals surface area contributed by atoms with E-state index < -0.39 is 0 Å². The van der Waals surface area contributed by atoms with Crippen LogP contribution in [0, 0.1) is 0 Å². The number of rotatable bonds is 6. The van der Waals surface area contributed by atoms with Gasteiger partial charge in [-0.05, 0) is 6.92 Å². The summed E-state index contributed by atoms with van der Waals surface area (Å²) in [5, 5.41) is 11.5. The Hall–Kier alpha value is -0.980. The lowest BCUT2D eigenvalue weighted by atomic mass is 10.3. The predicted molar refractivity (Wildman–Crippen MR) is 64.6 cm³/mol.